The molecule has 0 spiro atoms. The Kier molecular flexibility index (Phi) is 3.25. The number of carbonyl (C=O) groups is 1. The van der Waals surface area contributed by atoms with E-state index in [1.807, 2.05) is 12.1 Å². The predicted octanol–water partition coefficient (Wildman–Crippen LogP) is 2.19. The first kappa shape index (κ1) is 10.7. The minimum Gasteiger partial charge on any atom is -0.493 e. The van der Waals surface area contributed by atoms with Crippen LogP contribution in [0.15, 0.2) is 30.4 Å². The lowest BCUT2D eigenvalue weighted by molar-refractivity contribution is -0.131. The van der Waals surface area contributed by atoms with Gasteiger partial charge in [-0.05, 0) is 36.5 Å². The Balaban J connectivity index is 2.08. The Morgan fingerprint density at radius 1 is 1.50 bits per heavy atom. The molecule has 0 unspecified atom stereocenters. The van der Waals surface area contributed by atoms with Crippen LogP contribution in [-0.2, 0) is 17.6 Å². The molecule has 1 aromatic rings. The largest absolute Gasteiger partial charge is 0.493 e. The molecule has 1 N–H and O–H groups in total. The molecule has 1 heterocycles. The Hall–Kier alpha value is -1.77. The molecule has 1 aromatic carbocycles. The quantitative estimate of drug-likeness (QED) is 0.791. The molecule has 0 saturated heterocycles. The number of benzene rings is 1. The van der Waals surface area contributed by atoms with Gasteiger partial charge in [-0.15, -0.1) is 0 Å². The second kappa shape index (κ2) is 4.84. The zero-order chi connectivity index (χ0) is 11.4. The van der Waals surface area contributed by atoms with Crippen LogP contribution in [-0.4, -0.2) is 17.7 Å². The van der Waals surface area contributed by atoms with Gasteiger partial charge in [0.15, 0.2) is 0 Å². The number of allylic oxidation sites excluding steroid dienone is 1. The van der Waals surface area contributed by atoms with Gasteiger partial charge in [0.05, 0.1) is 6.61 Å². The zero-order valence-electron chi connectivity index (χ0n) is 8.98. The van der Waals surface area contributed by atoms with Crippen LogP contribution < -0.4 is 4.74 Å². The van der Waals surface area contributed by atoms with Gasteiger partial charge in [-0.25, -0.2) is 4.79 Å². The van der Waals surface area contributed by atoms with Crippen LogP contribution in [0.3, 0.4) is 0 Å². The molecule has 0 bridgehead atoms. The molecule has 1 aliphatic rings. The summed E-state index contributed by atoms with van der Waals surface area (Å²) in [5.41, 5.74) is 2.36. The molecule has 0 saturated carbocycles. The van der Waals surface area contributed by atoms with E-state index in [0.717, 1.165) is 30.8 Å². The number of carboxylic acids is 1. The van der Waals surface area contributed by atoms with Gasteiger partial charge in [0, 0.05) is 6.08 Å². The lowest BCUT2D eigenvalue weighted by Gasteiger charge is -2.17. The fraction of sp³-hybridized carbons (Fsp3) is 0.308. The van der Waals surface area contributed by atoms with Gasteiger partial charge in [-0.2, -0.15) is 0 Å². The minimum atomic E-state index is -0.902. The van der Waals surface area contributed by atoms with Gasteiger partial charge in [-0.3, -0.25) is 0 Å². The number of aryl methyl sites for hydroxylation is 1. The second-order valence-corrected chi connectivity index (χ2v) is 3.84. The summed E-state index contributed by atoms with van der Waals surface area (Å²) in [6.45, 7) is 0.797. The number of hydrogen-bond donors (Lipinski definition) is 1. The Bertz CT molecular complexity index is 421. The minimum absolute atomic E-state index is 0.652. The number of fused-ring (bicyclic) bond motifs is 1. The Morgan fingerprint density at radius 3 is 3.19 bits per heavy atom. The number of rotatable bonds is 3. The number of carboxylic acid groups (broad SMARTS) is 1. The van der Waals surface area contributed by atoms with Crippen molar-refractivity contribution in [1.82, 2.24) is 0 Å². The summed E-state index contributed by atoms with van der Waals surface area (Å²) in [7, 11) is 0. The number of aliphatic carboxylic acids is 1. The van der Waals surface area contributed by atoms with Crippen LogP contribution in [0.5, 0.6) is 5.75 Å². The maximum Gasteiger partial charge on any atom is 0.327 e. The van der Waals surface area contributed by atoms with Crippen molar-refractivity contribution in [2.75, 3.05) is 6.61 Å². The van der Waals surface area contributed by atoms with Gasteiger partial charge in [0.2, 0.25) is 0 Å². The molecule has 0 radical (unpaired) electrons. The first-order chi connectivity index (χ1) is 7.75. The molecule has 0 amide bonds. The lowest BCUT2D eigenvalue weighted by atomic mass is 10.0. The lowest BCUT2D eigenvalue weighted by Crippen LogP contribution is -2.08. The highest BCUT2D eigenvalue weighted by Gasteiger charge is 2.09. The molecule has 2 rings (SSSR count). The molecular formula is C13H14O3. The summed E-state index contributed by atoms with van der Waals surface area (Å²) >= 11 is 0. The summed E-state index contributed by atoms with van der Waals surface area (Å²) < 4.78 is 5.51. The smallest absolute Gasteiger partial charge is 0.327 e. The third-order valence-corrected chi connectivity index (χ3v) is 2.59. The van der Waals surface area contributed by atoms with Gasteiger partial charge in [0.1, 0.15) is 5.75 Å². The highest BCUT2D eigenvalue weighted by atomic mass is 16.5. The van der Waals surface area contributed by atoms with Crippen molar-refractivity contribution < 1.29 is 14.6 Å². The van der Waals surface area contributed by atoms with Crippen LogP contribution in [0.25, 0.3) is 0 Å². The van der Waals surface area contributed by atoms with E-state index in [0.29, 0.717) is 6.42 Å². The van der Waals surface area contributed by atoms with Crippen molar-refractivity contribution in [2.45, 2.75) is 19.3 Å². The van der Waals surface area contributed by atoms with E-state index >= 15 is 0 Å². The van der Waals surface area contributed by atoms with E-state index in [-0.39, 0.29) is 0 Å². The molecule has 16 heavy (non-hydrogen) atoms. The maximum absolute atomic E-state index is 10.3. The van der Waals surface area contributed by atoms with E-state index in [1.54, 1.807) is 6.08 Å². The average Bonchev–Trinajstić information content (AvgIpc) is 2.28. The van der Waals surface area contributed by atoms with Crippen molar-refractivity contribution in [3.63, 3.8) is 0 Å². The van der Waals surface area contributed by atoms with Crippen molar-refractivity contribution >= 4 is 5.97 Å². The molecule has 0 fully saturated rings. The van der Waals surface area contributed by atoms with E-state index < -0.39 is 5.97 Å². The molecule has 0 aromatic heterocycles. The SMILES string of the molecule is O=C(O)/C=C/Cc1ccc2c(c1)CCCO2. The van der Waals surface area contributed by atoms with Crippen molar-refractivity contribution in [3.05, 3.63) is 41.5 Å². The van der Waals surface area contributed by atoms with Crippen LogP contribution >= 0.6 is 0 Å². The third-order valence-electron chi connectivity index (χ3n) is 2.59. The zero-order valence-corrected chi connectivity index (χ0v) is 8.98. The standard InChI is InChI=1S/C13H14O3/c14-13(15)5-1-3-10-6-7-12-11(9-10)4-2-8-16-12/h1,5-7,9H,2-4,8H2,(H,14,15)/b5-1+. The first-order valence-corrected chi connectivity index (χ1v) is 5.40. The van der Waals surface area contributed by atoms with Crippen molar-refractivity contribution in [3.8, 4) is 5.75 Å². The van der Waals surface area contributed by atoms with E-state index in [1.165, 1.54) is 11.6 Å². The van der Waals surface area contributed by atoms with Crippen LogP contribution in [0, 0.1) is 0 Å². The topological polar surface area (TPSA) is 46.5 Å². The highest BCUT2D eigenvalue weighted by Crippen LogP contribution is 2.25. The van der Waals surface area contributed by atoms with Crippen LogP contribution in [0.1, 0.15) is 17.5 Å². The molecule has 3 heteroatoms. The summed E-state index contributed by atoms with van der Waals surface area (Å²) in [4.78, 5) is 10.3. The fourth-order valence-electron chi connectivity index (χ4n) is 1.84. The monoisotopic (exact) mass is 218 g/mol. The Labute approximate surface area is 94.4 Å². The molecule has 0 atom stereocenters. The predicted molar refractivity (Wildman–Crippen MR) is 60.7 cm³/mol. The van der Waals surface area contributed by atoms with Crippen LogP contribution in [0.2, 0.25) is 0 Å². The second-order valence-electron chi connectivity index (χ2n) is 3.84. The van der Waals surface area contributed by atoms with Gasteiger partial charge < -0.3 is 9.84 Å². The Morgan fingerprint density at radius 2 is 2.38 bits per heavy atom. The van der Waals surface area contributed by atoms with Crippen molar-refractivity contribution in [2.24, 2.45) is 0 Å². The molecule has 0 aliphatic carbocycles. The van der Waals surface area contributed by atoms with Crippen LogP contribution in [0.4, 0.5) is 0 Å². The maximum atomic E-state index is 10.3. The normalized spacial score (nSPS) is 14.5. The molecular weight excluding hydrogens is 204 g/mol. The van der Waals surface area contributed by atoms with Gasteiger partial charge in [0.25, 0.3) is 0 Å². The van der Waals surface area contributed by atoms with E-state index in [2.05, 4.69) is 6.07 Å². The summed E-state index contributed by atoms with van der Waals surface area (Å²) in [5, 5.41) is 8.48. The van der Waals surface area contributed by atoms with Gasteiger partial charge in [-0.1, -0.05) is 18.2 Å². The first-order valence-electron chi connectivity index (χ1n) is 5.40. The molecule has 3 nitrogen and oxygen atoms in total. The third kappa shape index (κ3) is 2.63. The summed E-state index contributed by atoms with van der Waals surface area (Å²) in [5.74, 6) is 0.0681. The van der Waals surface area contributed by atoms with E-state index in [9.17, 15) is 4.79 Å². The molecule has 84 valence electrons. The van der Waals surface area contributed by atoms with Gasteiger partial charge >= 0.3 is 5.97 Å². The average molecular weight is 218 g/mol. The molecule has 1 aliphatic heterocycles. The van der Waals surface area contributed by atoms with E-state index in [4.69, 9.17) is 9.84 Å². The summed E-state index contributed by atoms with van der Waals surface area (Å²) in [6.07, 6.45) is 5.59. The number of ether oxygens (including phenoxy) is 1. The summed E-state index contributed by atoms with van der Waals surface area (Å²) in [6, 6.07) is 6.05. The number of hydrogen-bond acceptors (Lipinski definition) is 2. The fourth-order valence-corrected chi connectivity index (χ4v) is 1.84. The highest BCUT2D eigenvalue weighted by molar-refractivity contribution is 5.79. The van der Waals surface area contributed by atoms with Crippen molar-refractivity contribution in [1.29, 1.82) is 0 Å².